The Morgan fingerprint density at radius 3 is 2.68 bits per heavy atom. The molecule has 1 amide bonds. The summed E-state index contributed by atoms with van der Waals surface area (Å²) in [6.45, 7) is 11.5. The molecular formula is C38H42ClN5O3. The van der Waals surface area contributed by atoms with E-state index in [9.17, 15) is 9.59 Å². The number of carbonyl (C=O) groups excluding carboxylic acids is 1. The highest BCUT2D eigenvalue weighted by atomic mass is 35.5. The molecule has 3 aliphatic heterocycles. The lowest BCUT2D eigenvalue weighted by Gasteiger charge is -2.45. The van der Waals surface area contributed by atoms with E-state index in [1.807, 2.05) is 40.7 Å². The van der Waals surface area contributed by atoms with E-state index >= 15 is 0 Å². The number of benzene rings is 3. The highest BCUT2D eigenvalue weighted by Crippen LogP contribution is 2.48. The Hall–Kier alpha value is -3.88. The zero-order chi connectivity index (χ0) is 32.4. The van der Waals surface area contributed by atoms with Crippen LogP contribution in [0.5, 0.6) is 5.75 Å². The first kappa shape index (κ1) is 30.5. The molecule has 0 unspecified atom stereocenters. The molecule has 244 valence electrons. The number of aromatic nitrogens is 2. The summed E-state index contributed by atoms with van der Waals surface area (Å²) in [5, 5.41) is 3.55. The Bertz CT molecular complexity index is 1950. The molecule has 3 aromatic carbocycles. The van der Waals surface area contributed by atoms with Gasteiger partial charge in [-0.25, -0.2) is 4.79 Å². The number of anilines is 1. The fraction of sp³-hybridized carbons (Fsp3) is 0.447. The van der Waals surface area contributed by atoms with Gasteiger partial charge in [0.2, 0.25) is 5.91 Å². The van der Waals surface area contributed by atoms with E-state index < -0.39 is 0 Å². The van der Waals surface area contributed by atoms with E-state index in [1.54, 1.807) is 0 Å². The normalized spacial score (nSPS) is 25.5. The standard InChI is InChI=1S/C38H42ClN5O3/c1-4-33(45)42-19-24(3)43(20-23(42)2)37-31-18-32(39)34(30-13-7-10-26-9-5-6-12-29(26)30)36-35(31)44(38(46)40-37)28(22-47-36)11-8-16-41-21-25-14-15-27(41)17-25/h4-7,9-10,12-13,18,23-25,27-28H,1,8,11,14-17,19-22H2,2-3H3/t23-,24+,25+,27-,28-/m1/s1. The van der Waals surface area contributed by atoms with E-state index in [1.165, 1.54) is 31.9 Å². The maximum absolute atomic E-state index is 14.2. The van der Waals surface area contributed by atoms with Gasteiger partial charge in [-0.15, -0.1) is 0 Å². The molecule has 1 saturated carbocycles. The van der Waals surface area contributed by atoms with Gasteiger partial charge >= 0.3 is 5.69 Å². The van der Waals surface area contributed by atoms with E-state index in [4.69, 9.17) is 21.3 Å². The number of halogens is 1. The Kier molecular flexibility index (Phi) is 7.76. The average molecular weight is 652 g/mol. The van der Waals surface area contributed by atoms with Crippen molar-refractivity contribution < 1.29 is 9.53 Å². The Morgan fingerprint density at radius 1 is 1.06 bits per heavy atom. The van der Waals surface area contributed by atoms with Gasteiger partial charge in [-0.3, -0.25) is 9.36 Å². The van der Waals surface area contributed by atoms with E-state index in [0.29, 0.717) is 36.3 Å². The van der Waals surface area contributed by atoms with Gasteiger partial charge in [0.15, 0.2) is 5.75 Å². The molecule has 3 fully saturated rings. The van der Waals surface area contributed by atoms with Gasteiger partial charge in [-0.1, -0.05) is 60.6 Å². The first-order chi connectivity index (χ1) is 22.8. The molecular weight excluding hydrogens is 610 g/mol. The molecule has 2 saturated heterocycles. The van der Waals surface area contributed by atoms with Crippen LogP contribution in [0.1, 0.15) is 52.0 Å². The van der Waals surface area contributed by atoms with Gasteiger partial charge in [0, 0.05) is 48.7 Å². The summed E-state index contributed by atoms with van der Waals surface area (Å²) in [5.41, 5.74) is 2.27. The summed E-state index contributed by atoms with van der Waals surface area (Å²) in [5.74, 6) is 2.01. The molecule has 2 bridgehead atoms. The number of hydrogen-bond acceptors (Lipinski definition) is 6. The van der Waals surface area contributed by atoms with Crippen LogP contribution < -0.4 is 15.3 Å². The van der Waals surface area contributed by atoms with Crippen LogP contribution in [0.15, 0.2) is 66.0 Å². The van der Waals surface area contributed by atoms with E-state index in [2.05, 4.69) is 47.6 Å². The minimum atomic E-state index is -0.266. The van der Waals surface area contributed by atoms with Gasteiger partial charge in [0.1, 0.15) is 12.4 Å². The molecule has 1 aliphatic carbocycles. The van der Waals surface area contributed by atoms with Crippen molar-refractivity contribution >= 4 is 45.0 Å². The van der Waals surface area contributed by atoms with Crippen LogP contribution in [0, 0.1) is 5.92 Å². The maximum atomic E-state index is 14.2. The molecule has 47 heavy (non-hydrogen) atoms. The van der Waals surface area contributed by atoms with E-state index in [0.717, 1.165) is 64.1 Å². The Balaban J connectivity index is 1.25. The Morgan fingerprint density at radius 2 is 1.89 bits per heavy atom. The lowest BCUT2D eigenvalue weighted by molar-refractivity contribution is -0.128. The van der Waals surface area contributed by atoms with Crippen LogP contribution in [0.3, 0.4) is 0 Å². The highest BCUT2D eigenvalue weighted by molar-refractivity contribution is 6.35. The number of piperidine rings is 1. The summed E-state index contributed by atoms with van der Waals surface area (Å²) in [4.78, 5) is 38.3. The van der Waals surface area contributed by atoms with Crippen molar-refractivity contribution in [3.63, 3.8) is 0 Å². The largest absolute Gasteiger partial charge is 0.488 e. The number of nitrogens with zero attached hydrogens (tertiary/aromatic N) is 5. The van der Waals surface area contributed by atoms with Crippen LogP contribution in [0.4, 0.5) is 5.82 Å². The highest BCUT2D eigenvalue weighted by Gasteiger charge is 2.38. The zero-order valence-electron chi connectivity index (χ0n) is 27.2. The van der Waals surface area contributed by atoms with Crippen LogP contribution in [0.2, 0.25) is 5.02 Å². The number of fused-ring (bicyclic) bond motifs is 3. The smallest absolute Gasteiger partial charge is 0.350 e. The van der Waals surface area contributed by atoms with Crippen LogP contribution >= 0.6 is 11.6 Å². The third kappa shape index (κ3) is 5.12. The molecule has 0 N–H and O–H groups in total. The van der Waals surface area contributed by atoms with Crippen LogP contribution in [0.25, 0.3) is 32.8 Å². The topological polar surface area (TPSA) is 70.9 Å². The second-order valence-corrected chi connectivity index (χ2v) is 14.5. The fourth-order valence-electron chi connectivity index (χ4n) is 8.86. The summed E-state index contributed by atoms with van der Waals surface area (Å²) in [6, 6.07) is 16.9. The first-order valence-electron chi connectivity index (χ1n) is 17.2. The number of piperazine rings is 1. The van der Waals surface area contributed by atoms with Crippen molar-refractivity contribution in [2.75, 3.05) is 37.7 Å². The van der Waals surface area contributed by atoms with Crippen molar-refractivity contribution in [1.29, 1.82) is 0 Å². The second kappa shape index (κ2) is 12.0. The summed E-state index contributed by atoms with van der Waals surface area (Å²) in [6.07, 6.45) is 7.24. The van der Waals surface area contributed by atoms with Crippen LogP contribution in [-0.4, -0.2) is 76.2 Å². The molecule has 0 spiro atoms. The zero-order valence-corrected chi connectivity index (χ0v) is 28.0. The summed E-state index contributed by atoms with van der Waals surface area (Å²) >= 11 is 7.24. The minimum absolute atomic E-state index is 0.0727. The van der Waals surface area contributed by atoms with Gasteiger partial charge in [0.25, 0.3) is 0 Å². The molecule has 1 aromatic heterocycles. The van der Waals surface area contributed by atoms with Gasteiger partial charge in [-0.05, 0) is 86.9 Å². The number of ether oxygens (including phenoxy) is 1. The van der Waals surface area contributed by atoms with Crippen molar-refractivity contribution in [3.8, 4) is 16.9 Å². The predicted molar refractivity (Wildman–Crippen MR) is 189 cm³/mol. The van der Waals surface area contributed by atoms with Gasteiger partial charge in [0.05, 0.1) is 16.6 Å². The molecule has 0 radical (unpaired) electrons. The summed E-state index contributed by atoms with van der Waals surface area (Å²) < 4.78 is 8.63. The summed E-state index contributed by atoms with van der Waals surface area (Å²) in [7, 11) is 0. The average Bonchev–Trinajstić information content (AvgIpc) is 3.71. The molecule has 9 heteroatoms. The number of likely N-dealkylation sites (tertiary alicyclic amines) is 1. The van der Waals surface area contributed by atoms with Crippen LogP contribution in [-0.2, 0) is 4.79 Å². The molecule has 4 heterocycles. The minimum Gasteiger partial charge on any atom is -0.488 e. The molecule has 4 aliphatic rings. The van der Waals surface area contributed by atoms with Gasteiger partial charge in [-0.2, -0.15) is 4.98 Å². The first-order valence-corrected chi connectivity index (χ1v) is 17.5. The molecule has 8 nitrogen and oxygen atoms in total. The third-order valence-electron chi connectivity index (χ3n) is 11.2. The second-order valence-electron chi connectivity index (χ2n) is 14.1. The van der Waals surface area contributed by atoms with Crippen molar-refractivity contribution in [1.82, 2.24) is 19.4 Å². The number of carbonyl (C=O) groups is 1. The monoisotopic (exact) mass is 651 g/mol. The quantitative estimate of drug-likeness (QED) is 0.208. The predicted octanol–water partition coefficient (Wildman–Crippen LogP) is 6.68. The fourth-order valence-corrected chi connectivity index (χ4v) is 9.16. The number of hydrogen-bond donors (Lipinski definition) is 0. The third-order valence-corrected chi connectivity index (χ3v) is 11.5. The van der Waals surface area contributed by atoms with Crippen molar-refractivity contribution in [3.05, 3.63) is 76.7 Å². The van der Waals surface area contributed by atoms with Crippen molar-refractivity contribution in [2.45, 2.75) is 70.1 Å². The number of amides is 1. The lowest BCUT2D eigenvalue weighted by Crippen LogP contribution is -2.58. The number of rotatable bonds is 7. The maximum Gasteiger partial charge on any atom is 0.350 e. The molecule has 8 rings (SSSR count). The van der Waals surface area contributed by atoms with Crippen molar-refractivity contribution in [2.24, 2.45) is 5.92 Å². The SMILES string of the molecule is C=CC(=O)N1C[C@H](C)N(c2nc(=O)n3c4c(c(-c5cccc6ccccc56)c(Cl)cc24)OC[C@H]3CCCN2C[C@H]3CC[C@@H]2C3)C[C@H]1C. The lowest BCUT2D eigenvalue weighted by atomic mass is 9.95. The Labute approximate surface area is 280 Å². The molecule has 4 aromatic rings. The van der Waals surface area contributed by atoms with E-state index in [-0.39, 0.29) is 29.7 Å². The molecule has 5 atom stereocenters. The van der Waals surface area contributed by atoms with Gasteiger partial charge < -0.3 is 19.4 Å².